The Bertz CT molecular complexity index is 1010. The number of carboxylic acids is 2. The molecule has 0 aromatic heterocycles. The maximum Gasteiger partial charge on any atom is 0.490 e. The van der Waals surface area contributed by atoms with E-state index in [1.807, 2.05) is 0 Å². The average molecular weight is 473 g/mol. The van der Waals surface area contributed by atoms with Gasteiger partial charge in [-0.3, -0.25) is 15.0 Å². The molecule has 0 aliphatic carbocycles. The van der Waals surface area contributed by atoms with Crippen molar-refractivity contribution in [3.8, 4) is 5.75 Å². The topological polar surface area (TPSA) is 165 Å². The molecule has 2 fully saturated rings. The van der Waals surface area contributed by atoms with Crippen LogP contribution in [0, 0.1) is 5.92 Å². The number of carboxylic acid groups (broad SMARTS) is 2. The summed E-state index contributed by atoms with van der Waals surface area (Å²) in [7, 11) is 0. The summed E-state index contributed by atoms with van der Waals surface area (Å²) in [5.41, 5.74) is 0.786. The van der Waals surface area contributed by atoms with Crippen molar-refractivity contribution in [2.24, 2.45) is 5.92 Å². The van der Waals surface area contributed by atoms with E-state index in [4.69, 9.17) is 14.6 Å². The number of aliphatic carboxylic acids is 2. The number of nitrogens with zero attached hydrogens (tertiary/aromatic N) is 1. The number of ether oxygens (including phenoxy) is 1. The largest absolute Gasteiger partial charge is 0.508 e. The molecule has 1 aromatic carbocycles. The van der Waals surface area contributed by atoms with Crippen molar-refractivity contribution in [2.45, 2.75) is 24.7 Å². The summed E-state index contributed by atoms with van der Waals surface area (Å²) in [6.45, 7) is 0.427. The molecule has 0 bridgehead atoms. The minimum atomic E-state index is -5.08. The summed E-state index contributed by atoms with van der Waals surface area (Å²) in [5, 5.41) is 31.5. The van der Waals surface area contributed by atoms with E-state index >= 15 is 0 Å². The van der Waals surface area contributed by atoms with E-state index in [0.717, 1.165) is 0 Å². The summed E-state index contributed by atoms with van der Waals surface area (Å²) >= 11 is 0. The number of aromatic hydroxyl groups is 1. The average Bonchev–Trinajstić information content (AvgIpc) is 3.13. The van der Waals surface area contributed by atoms with Crippen LogP contribution in [0.15, 0.2) is 35.5 Å². The molecule has 11 nitrogen and oxygen atoms in total. The predicted molar refractivity (Wildman–Crippen MR) is 102 cm³/mol. The summed E-state index contributed by atoms with van der Waals surface area (Å²) in [4.78, 5) is 46.0. The van der Waals surface area contributed by atoms with Gasteiger partial charge in [0.15, 0.2) is 0 Å². The first-order valence-electron chi connectivity index (χ1n) is 9.45. The Morgan fingerprint density at radius 2 is 1.79 bits per heavy atom. The molecule has 3 aliphatic rings. The molecule has 0 radical (unpaired) electrons. The zero-order valence-electron chi connectivity index (χ0n) is 16.6. The molecule has 33 heavy (non-hydrogen) atoms. The van der Waals surface area contributed by atoms with Crippen LogP contribution in [0.4, 0.5) is 23.7 Å². The lowest BCUT2D eigenvalue weighted by atomic mass is 9.79. The number of hydrogen-bond donors (Lipinski definition) is 5. The monoisotopic (exact) mass is 473 g/mol. The van der Waals surface area contributed by atoms with Gasteiger partial charge >= 0.3 is 24.2 Å². The molecule has 0 spiro atoms. The first kappa shape index (κ1) is 23.8. The van der Waals surface area contributed by atoms with Crippen molar-refractivity contribution >= 4 is 29.6 Å². The number of β-lactam (4-membered cyclic amide) rings is 1. The summed E-state index contributed by atoms with van der Waals surface area (Å²) in [6.07, 6.45) is -5.36. The molecular weight excluding hydrogens is 455 g/mol. The fourth-order valence-electron chi connectivity index (χ4n) is 3.87. The zero-order chi connectivity index (χ0) is 24.5. The van der Waals surface area contributed by atoms with Crippen molar-refractivity contribution in [2.75, 3.05) is 18.5 Å². The highest BCUT2D eigenvalue weighted by molar-refractivity contribution is 6.00. The summed E-state index contributed by atoms with van der Waals surface area (Å²) in [6, 6.07) is 5.43. The van der Waals surface area contributed by atoms with Crippen molar-refractivity contribution in [1.29, 1.82) is 0 Å². The highest BCUT2D eigenvalue weighted by Gasteiger charge is 2.59. The van der Waals surface area contributed by atoms with E-state index in [1.54, 1.807) is 0 Å². The van der Waals surface area contributed by atoms with Gasteiger partial charge in [-0.05, 0) is 42.2 Å². The second-order valence-corrected chi connectivity index (χ2v) is 7.36. The number of hydrogen-bond acceptors (Lipinski definition) is 7. The van der Waals surface area contributed by atoms with E-state index in [0.29, 0.717) is 24.2 Å². The van der Waals surface area contributed by atoms with E-state index in [9.17, 15) is 37.8 Å². The molecule has 0 saturated carbocycles. The Hall–Kier alpha value is -3.81. The number of rotatable bonds is 4. The number of halogens is 3. The maximum absolute atomic E-state index is 12.1. The van der Waals surface area contributed by atoms with Crippen LogP contribution in [0.1, 0.15) is 6.42 Å². The summed E-state index contributed by atoms with van der Waals surface area (Å²) < 4.78 is 36.9. The fourth-order valence-corrected chi connectivity index (χ4v) is 3.87. The summed E-state index contributed by atoms with van der Waals surface area (Å²) in [5.74, 6) is -4.01. The Morgan fingerprint density at radius 3 is 2.33 bits per heavy atom. The van der Waals surface area contributed by atoms with E-state index in [2.05, 4.69) is 10.6 Å². The van der Waals surface area contributed by atoms with Gasteiger partial charge in [0.2, 0.25) is 5.91 Å². The predicted octanol–water partition coefficient (Wildman–Crippen LogP) is 1.12. The van der Waals surface area contributed by atoms with Gasteiger partial charge < -0.3 is 25.4 Å². The van der Waals surface area contributed by atoms with Crippen molar-refractivity contribution in [3.63, 3.8) is 0 Å². The minimum Gasteiger partial charge on any atom is -0.508 e. The zero-order valence-corrected chi connectivity index (χ0v) is 16.6. The Morgan fingerprint density at radius 1 is 1.18 bits per heavy atom. The van der Waals surface area contributed by atoms with Crippen molar-refractivity contribution in [1.82, 2.24) is 10.2 Å². The first-order chi connectivity index (χ1) is 15.4. The molecule has 5 N–H and O–H groups in total. The van der Waals surface area contributed by atoms with E-state index in [1.165, 1.54) is 29.2 Å². The molecule has 3 heterocycles. The lowest BCUT2D eigenvalue weighted by molar-refractivity contribution is -0.192. The van der Waals surface area contributed by atoms with Gasteiger partial charge in [-0.2, -0.15) is 13.2 Å². The van der Waals surface area contributed by atoms with Crippen LogP contribution in [-0.4, -0.2) is 75.6 Å². The van der Waals surface area contributed by atoms with Gasteiger partial charge in [0.05, 0.1) is 6.04 Å². The smallest absolute Gasteiger partial charge is 0.490 e. The number of carbonyl (C=O) groups is 4. The molecule has 3 atom stereocenters. The van der Waals surface area contributed by atoms with Crippen molar-refractivity contribution < 1.29 is 52.4 Å². The third-order valence-corrected chi connectivity index (χ3v) is 5.25. The number of alkyl halides is 3. The van der Waals surface area contributed by atoms with Crippen LogP contribution in [0.2, 0.25) is 0 Å². The molecule has 14 heteroatoms. The normalized spacial score (nSPS) is 23.1. The quantitative estimate of drug-likeness (QED) is 0.318. The number of anilines is 1. The van der Waals surface area contributed by atoms with Gasteiger partial charge in [-0.1, -0.05) is 0 Å². The lowest BCUT2D eigenvalue weighted by Crippen LogP contribution is -2.68. The second-order valence-electron chi connectivity index (χ2n) is 7.36. The minimum absolute atomic E-state index is 0.0691. The van der Waals surface area contributed by atoms with Crippen LogP contribution >= 0.6 is 0 Å². The van der Waals surface area contributed by atoms with Gasteiger partial charge in [0, 0.05) is 12.2 Å². The van der Waals surface area contributed by atoms with E-state index < -0.39 is 24.2 Å². The van der Waals surface area contributed by atoms with E-state index in [-0.39, 0.29) is 42.0 Å². The lowest BCUT2D eigenvalue weighted by Gasteiger charge is -2.48. The molecule has 1 aromatic rings. The van der Waals surface area contributed by atoms with Gasteiger partial charge in [-0.25, -0.2) is 14.4 Å². The van der Waals surface area contributed by atoms with Crippen LogP contribution in [-0.2, 0) is 19.1 Å². The standard InChI is InChI=1S/C17H17N3O6.C2HF3O2/c21-11-3-1-10(2-4-11)19-17(25)26-7-9-5-8-6-18-12-13(8)20(15(12)22)14(9)16(23)24;3-2(4,5)1(6)7/h1-4,8,12-13,18,21H,5-7H2,(H,19,25)(H,23,24);(H,6,7)/t8-,12+,13-;/m1./s1. The van der Waals surface area contributed by atoms with Gasteiger partial charge in [0.1, 0.15) is 24.1 Å². The highest BCUT2D eigenvalue weighted by Crippen LogP contribution is 2.43. The molecule has 0 unspecified atom stereocenters. The second kappa shape index (κ2) is 8.97. The number of nitrogens with one attached hydrogen (secondary N) is 2. The fraction of sp³-hybridized carbons (Fsp3) is 0.368. The van der Waals surface area contributed by atoms with Crippen LogP contribution in [0.3, 0.4) is 0 Å². The Kier molecular flexibility index (Phi) is 6.48. The molecule has 3 aliphatic heterocycles. The third-order valence-electron chi connectivity index (χ3n) is 5.25. The number of amides is 2. The first-order valence-corrected chi connectivity index (χ1v) is 9.45. The highest BCUT2D eigenvalue weighted by atomic mass is 19.4. The van der Waals surface area contributed by atoms with Crippen LogP contribution in [0.5, 0.6) is 5.75 Å². The van der Waals surface area contributed by atoms with Crippen LogP contribution < -0.4 is 10.6 Å². The Balaban J connectivity index is 0.000000383. The van der Waals surface area contributed by atoms with Gasteiger partial charge in [0.25, 0.3) is 0 Å². The molecular formula is C19H18F3N3O8. The Labute approximate surface area is 183 Å². The number of carbonyl (C=O) groups excluding carboxylic acids is 2. The number of phenols is 1. The van der Waals surface area contributed by atoms with Crippen molar-refractivity contribution in [3.05, 3.63) is 35.5 Å². The molecule has 4 rings (SSSR count). The molecule has 178 valence electrons. The van der Waals surface area contributed by atoms with Gasteiger partial charge in [-0.15, -0.1) is 0 Å². The van der Waals surface area contributed by atoms with Crippen LogP contribution in [0.25, 0.3) is 0 Å². The SMILES string of the molecule is O=C(Nc1ccc(O)cc1)OCC1=C(C(=O)O)N2C(=O)[C@H]3NC[C@@H](C1)[C@H]32.O=C(O)C(F)(F)F. The number of phenolic OH excluding ortho intramolecular Hbond substituents is 1. The maximum atomic E-state index is 12.1. The number of benzene rings is 1. The molecule has 2 amide bonds. The molecule has 2 saturated heterocycles. The third kappa shape index (κ3) is 5.00.